The highest BCUT2D eigenvalue weighted by Crippen LogP contribution is 2.36. The van der Waals surface area contributed by atoms with Gasteiger partial charge in [0, 0.05) is 15.9 Å². The SMILES string of the molecule is Cc1ccc(C)c(Sc2cc(F)cc(F)c2N)c1. The topological polar surface area (TPSA) is 26.0 Å². The van der Waals surface area contributed by atoms with Crippen LogP contribution in [0.4, 0.5) is 14.5 Å². The summed E-state index contributed by atoms with van der Waals surface area (Å²) in [5.74, 6) is -1.34. The Kier molecular flexibility index (Phi) is 3.57. The first kappa shape index (κ1) is 12.9. The summed E-state index contributed by atoms with van der Waals surface area (Å²) >= 11 is 1.28. The summed E-state index contributed by atoms with van der Waals surface area (Å²) in [7, 11) is 0. The fraction of sp³-hybridized carbons (Fsp3) is 0.143. The molecule has 94 valence electrons. The van der Waals surface area contributed by atoms with Gasteiger partial charge in [-0.25, -0.2) is 8.78 Å². The van der Waals surface area contributed by atoms with Crippen LogP contribution in [0.15, 0.2) is 40.1 Å². The molecule has 0 radical (unpaired) electrons. The largest absolute Gasteiger partial charge is 0.395 e. The van der Waals surface area contributed by atoms with E-state index in [-0.39, 0.29) is 5.69 Å². The van der Waals surface area contributed by atoms with Gasteiger partial charge >= 0.3 is 0 Å². The molecule has 0 saturated heterocycles. The van der Waals surface area contributed by atoms with Gasteiger partial charge in [-0.1, -0.05) is 23.9 Å². The summed E-state index contributed by atoms with van der Waals surface area (Å²) in [5.41, 5.74) is 7.76. The normalized spacial score (nSPS) is 10.7. The molecule has 0 aliphatic heterocycles. The van der Waals surface area contributed by atoms with Crippen molar-refractivity contribution in [3.63, 3.8) is 0 Å². The van der Waals surface area contributed by atoms with Crippen LogP contribution in [0.1, 0.15) is 11.1 Å². The van der Waals surface area contributed by atoms with Gasteiger partial charge in [-0.2, -0.15) is 0 Å². The van der Waals surface area contributed by atoms with Crippen LogP contribution in [0.2, 0.25) is 0 Å². The van der Waals surface area contributed by atoms with Crippen molar-refractivity contribution in [3.05, 3.63) is 53.1 Å². The van der Waals surface area contributed by atoms with Gasteiger partial charge in [0.1, 0.15) is 11.6 Å². The minimum atomic E-state index is -0.720. The van der Waals surface area contributed by atoms with Crippen molar-refractivity contribution in [1.29, 1.82) is 0 Å². The summed E-state index contributed by atoms with van der Waals surface area (Å²) in [6.07, 6.45) is 0. The summed E-state index contributed by atoms with van der Waals surface area (Å²) in [5, 5.41) is 0. The molecule has 2 aromatic rings. The number of hydrogen-bond acceptors (Lipinski definition) is 2. The molecule has 0 amide bonds. The van der Waals surface area contributed by atoms with Crippen LogP contribution in [-0.4, -0.2) is 0 Å². The number of benzene rings is 2. The predicted octanol–water partition coefficient (Wildman–Crippen LogP) is 4.32. The maximum atomic E-state index is 13.3. The summed E-state index contributed by atoms with van der Waals surface area (Å²) in [6.45, 7) is 3.92. The van der Waals surface area contributed by atoms with Crippen LogP contribution < -0.4 is 5.73 Å². The lowest BCUT2D eigenvalue weighted by atomic mass is 10.2. The number of nitrogen functional groups attached to an aromatic ring is 1. The Balaban J connectivity index is 2.43. The van der Waals surface area contributed by atoms with Crippen molar-refractivity contribution in [2.24, 2.45) is 0 Å². The molecule has 2 rings (SSSR count). The second-order valence-corrected chi connectivity index (χ2v) is 5.25. The molecule has 0 aliphatic carbocycles. The van der Waals surface area contributed by atoms with Gasteiger partial charge in [-0.15, -0.1) is 0 Å². The van der Waals surface area contributed by atoms with Gasteiger partial charge in [0.05, 0.1) is 5.69 Å². The average Bonchev–Trinajstić information content (AvgIpc) is 2.30. The lowest BCUT2D eigenvalue weighted by molar-refractivity contribution is 0.581. The quantitative estimate of drug-likeness (QED) is 0.819. The Morgan fingerprint density at radius 2 is 1.72 bits per heavy atom. The Morgan fingerprint density at radius 1 is 1.00 bits per heavy atom. The molecule has 2 N–H and O–H groups in total. The molecule has 0 atom stereocenters. The zero-order chi connectivity index (χ0) is 13.3. The van der Waals surface area contributed by atoms with E-state index in [0.717, 1.165) is 22.1 Å². The number of rotatable bonds is 2. The predicted molar refractivity (Wildman–Crippen MR) is 70.8 cm³/mol. The van der Waals surface area contributed by atoms with Crippen LogP contribution in [0.5, 0.6) is 0 Å². The molecule has 0 fully saturated rings. The standard InChI is InChI=1S/C14H13F2NS/c1-8-3-4-9(2)12(5-8)18-13-7-10(15)6-11(16)14(13)17/h3-7H,17H2,1-2H3. The number of halogens is 2. The van der Waals surface area contributed by atoms with E-state index in [2.05, 4.69) is 0 Å². The molecule has 0 saturated carbocycles. The molecule has 0 aromatic heterocycles. The highest BCUT2D eigenvalue weighted by molar-refractivity contribution is 7.99. The van der Waals surface area contributed by atoms with Crippen molar-refractivity contribution in [2.75, 3.05) is 5.73 Å². The van der Waals surface area contributed by atoms with Crippen LogP contribution >= 0.6 is 11.8 Å². The fourth-order valence-corrected chi connectivity index (χ4v) is 2.67. The van der Waals surface area contributed by atoms with Crippen molar-refractivity contribution in [1.82, 2.24) is 0 Å². The molecule has 1 nitrogen and oxygen atoms in total. The van der Waals surface area contributed by atoms with Crippen LogP contribution in [0, 0.1) is 25.5 Å². The van der Waals surface area contributed by atoms with Crippen LogP contribution in [-0.2, 0) is 0 Å². The van der Waals surface area contributed by atoms with Crippen LogP contribution in [0.3, 0.4) is 0 Å². The Labute approximate surface area is 109 Å². The van der Waals surface area contributed by atoms with E-state index >= 15 is 0 Å². The van der Waals surface area contributed by atoms with E-state index in [1.54, 1.807) is 0 Å². The van der Waals surface area contributed by atoms with Gasteiger partial charge in [-0.3, -0.25) is 0 Å². The van der Waals surface area contributed by atoms with Gasteiger partial charge in [0.15, 0.2) is 0 Å². The minimum absolute atomic E-state index is 0.0118. The number of anilines is 1. The van der Waals surface area contributed by atoms with E-state index in [9.17, 15) is 8.78 Å². The van der Waals surface area contributed by atoms with E-state index in [0.29, 0.717) is 4.90 Å². The molecular formula is C14H13F2NS. The summed E-state index contributed by atoms with van der Waals surface area (Å²) in [6, 6.07) is 7.99. The van der Waals surface area contributed by atoms with Crippen molar-refractivity contribution in [2.45, 2.75) is 23.6 Å². The number of aryl methyl sites for hydroxylation is 2. The number of nitrogens with two attached hydrogens (primary N) is 1. The van der Waals surface area contributed by atoms with Crippen molar-refractivity contribution >= 4 is 17.4 Å². The lowest BCUT2D eigenvalue weighted by Crippen LogP contribution is -1.95. The van der Waals surface area contributed by atoms with E-state index in [4.69, 9.17) is 5.73 Å². The van der Waals surface area contributed by atoms with Crippen molar-refractivity contribution < 1.29 is 8.78 Å². The van der Waals surface area contributed by atoms with Crippen LogP contribution in [0.25, 0.3) is 0 Å². The average molecular weight is 265 g/mol. The van der Waals surface area contributed by atoms with Gasteiger partial charge < -0.3 is 5.73 Å². The smallest absolute Gasteiger partial charge is 0.150 e. The van der Waals surface area contributed by atoms with Gasteiger partial charge in [0.2, 0.25) is 0 Å². The zero-order valence-electron chi connectivity index (χ0n) is 10.1. The first-order valence-electron chi connectivity index (χ1n) is 5.47. The summed E-state index contributed by atoms with van der Waals surface area (Å²) < 4.78 is 26.5. The Hall–Kier alpha value is -1.55. The molecular weight excluding hydrogens is 252 g/mol. The van der Waals surface area contributed by atoms with Gasteiger partial charge in [0.25, 0.3) is 0 Å². The highest BCUT2D eigenvalue weighted by Gasteiger charge is 2.11. The molecule has 0 aliphatic rings. The second-order valence-electron chi connectivity index (χ2n) is 4.17. The molecule has 18 heavy (non-hydrogen) atoms. The zero-order valence-corrected chi connectivity index (χ0v) is 10.9. The molecule has 0 spiro atoms. The third kappa shape index (κ3) is 2.64. The van der Waals surface area contributed by atoms with E-state index in [1.165, 1.54) is 17.8 Å². The van der Waals surface area contributed by atoms with Crippen molar-refractivity contribution in [3.8, 4) is 0 Å². The minimum Gasteiger partial charge on any atom is -0.395 e. The third-order valence-electron chi connectivity index (χ3n) is 2.62. The monoisotopic (exact) mass is 265 g/mol. The molecule has 2 aromatic carbocycles. The Morgan fingerprint density at radius 3 is 2.44 bits per heavy atom. The third-order valence-corrected chi connectivity index (χ3v) is 3.84. The van der Waals surface area contributed by atoms with Gasteiger partial charge in [-0.05, 0) is 37.1 Å². The first-order valence-corrected chi connectivity index (χ1v) is 6.28. The first-order chi connectivity index (χ1) is 8.47. The molecule has 0 heterocycles. The molecule has 0 bridgehead atoms. The van der Waals surface area contributed by atoms with E-state index in [1.807, 2.05) is 32.0 Å². The summed E-state index contributed by atoms with van der Waals surface area (Å²) in [4.78, 5) is 1.35. The second kappa shape index (κ2) is 4.98. The van der Waals surface area contributed by atoms with E-state index < -0.39 is 11.6 Å². The maximum Gasteiger partial charge on any atom is 0.150 e. The molecule has 0 unspecified atom stereocenters. The number of hydrogen-bond donors (Lipinski definition) is 1. The lowest BCUT2D eigenvalue weighted by Gasteiger charge is -2.09. The highest BCUT2D eigenvalue weighted by atomic mass is 32.2. The molecule has 4 heteroatoms. The maximum absolute atomic E-state index is 13.3. The Bertz CT molecular complexity index is 597. The fourth-order valence-electron chi connectivity index (χ4n) is 1.58.